The molecule has 94 valence electrons. The molecule has 0 aromatic carbocycles. The first kappa shape index (κ1) is 50.5. The van der Waals surface area contributed by atoms with Gasteiger partial charge in [0, 0.05) is 0 Å². The molecule has 0 aromatic rings. The van der Waals surface area contributed by atoms with Crippen molar-refractivity contribution in [3.8, 4) is 0 Å². The summed E-state index contributed by atoms with van der Waals surface area (Å²) in [6.07, 6.45) is 0. The van der Waals surface area contributed by atoms with Gasteiger partial charge in [0.2, 0.25) is 0 Å². The number of phosphoric acid groups is 2. The minimum Gasteiger partial charge on any atom is 2.00 e. The topological polar surface area (TPSA) is 172 Å². The van der Waals surface area contributed by atoms with Crippen molar-refractivity contribution in [2.45, 2.75) is 0 Å². The molecule has 0 radical (unpaired) electrons. The van der Waals surface area contributed by atoms with E-state index >= 15 is 0 Å². The molecule has 0 aliphatic rings. The summed E-state index contributed by atoms with van der Waals surface area (Å²) in [5.74, 6) is 0. The Morgan fingerprint density at radius 3 is 0.500 bits per heavy atom. The van der Waals surface area contributed by atoms with E-state index in [9.17, 15) is 0 Å². The second kappa shape index (κ2) is 23.6. The van der Waals surface area contributed by atoms with Crippen molar-refractivity contribution in [1.29, 1.82) is 0 Å². The van der Waals surface area contributed by atoms with E-state index < -0.39 is 15.6 Å². The van der Waals surface area contributed by atoms with Gasteiger partial charge in [-0.2, -0.15) is 15.6 Å². The van der Waals surface area contributed by atoms with Gasteiger partial charge in [-0.3, -0.25) is 0 Å². The first-order valence-corrected chi connectivity index (χ1v) is 4.38. The summed E-state index contributed by atoms with van der Waals surface area (Å²) in [5.41, 5.74) is 0. The van der Waals surface area contributed by atoms with E-state index in [1.807, 2.05) is 0 Å². The fourth-order valence-electron chi connectivity index (χ4n) is 0. The van der Waals surface area contributed by atoms with Crippen LogP contribution in [0.3, 0.4) is 0 Å². The van der Waals surface area contributed by atoms with Crippen LogP contribution in [0.15, 0.2) is 0 Å². The van der Waals surface area contributed by atoms with Crippen LogP contribution in [0.2, 0.25) is 0 Å². The van der Waals surface area contributed by atoms with Gasteiger partial charge in [-0.15, -0.1) is 0 Å². The molecule has 0 rings (SSSR count). The van der Waals surface area contributed by atoms with Gasteiger partial charge in [-0.25, -0.2) is 0 Å². The number of rotatable bonds is 0. The average Bonchev–Trinajstić information content (AvgIpc) is 1.12. The Kier molecular flexibility index (Phi) is 74.4. The van der Waals surface area contributed by atoms with Gasteiger partial charge < -0.3 is 38.5 Å². The Morgan fingerprint density at radius 2 is 0.500 bits per heavy atom. The molecule has 0 heterocycles. The molecule has 16 heavy (non-hydrogen) atoms. The van der Waals surface area contributed by atoms with Gasteiger partial charge in [-0.05, 0) is 0 Å². The number of hydrogen-bond donors (Lipinski definition) is 0. The molecular weight excluding hydrogens is 387 g/mol. The SMILES string of the molecule is O=P([O-])([O-])[O-].O=P([O-])([O-])[O-].[LiH].[LiH].[LiH].[Ni+2].[Ni+2].[Ni+2]. The van der Waals surface area contributed by atoms with Gasteiger partial charge in [-0.1, -0.05) is 0 Å². The minimum absolute atomic E-state index is 0. The molecule has 16 heteroatoms. The van der Waals surface area contributed by atoms with Crippen molar-refractivity contribution in [2.24, 2.45) is 0 Å². The standard InChI is InChI=1S/3Li.3Ni.2H3O4P.3H/c;;;;;;2*1-5(2,3)4;;;/h;;;;;;2*(H3,1,2,3,4);;;/q;;;3*+2;;;;;/p-6. The second-order valence-corrected chi connectivity index (χ2v) is 2.68. The molecule has 0 saturated carbocycles. The first-order valence-electron chi connectivity index (χ1n) is 1.46. The molecule has 0 aromatic heterocycles. The van der Waals surface area contributed by atoms with E-state index in [0.29, 0.717) is 0 Å². The van der Waals surface area contributed by atoms with Crippen LogP contribution in [0.5, 0.6) is 0 Å². The summed E-state index contributed by atoms with van der Waals surface area (Å²) in [5, 5.41) is 0. The van der Waals surface area contributed by atoms with Crippen LogP contribution in [-0.4, -0.2) is 56.6 Å². The maximum absolute atomic E-state index is 8.55. The van der Waals surface area contributed by atoms with Crippen LogP contribution in [-0.2, 0) is 58.6 Å². The molecule has 8 nitrogen and oxygen atoms in total. The van der Waals surface area contributed by atoms with Gasteiger partial charge in [0.25, 0.3) is 0 Å². The van der Waals surface area contributed by atoms with Crippen molar-refractivity contribution in [3.63, 3.8) is 0 Å². The summed E-state index contributed by atoms with van der Waals surface area (Å²) >= 11 is 0. The van der Waals surface area contributed by atoms with Crippen LogP contribution in [0.4, 0.5) is 0 Å². The zero-order valence-corrected chi connectivity index (χ0v) is 9.86. The van der Waals surface area contributed by atoms with Crippen LogP contribution < -0.4 is 29.4 Å². The molecular formula is H3Li3Ni3O8P2. The van der Waals surface area contributed by atoms with Crippen LogP contribution in [0, 0.1) is 0 Å². The van der Waals surface area contributed by atoms with Crippen LogP contribution in [0.25, 0.3) is 0 Å². The third-order valence-corrected chi connectivity index (χ3v) is 0. The van der Waals surface area contributed by atoms with Crippen molar-refractivity contribution in [1.82, 2.24) is 0 Å². The smallest absolute Gasteiger partial charge is 2.00 e. The largest absolute Gasteiger partial charge is 2.00 e. The fourth-order valence-corrected chi connectivity index (χ4v) is 0. The van der Waals surface area contributed by atoms with E-state index in [1.54, 1.807) is 0 Å². The Bertz CT molecular complexity index is 141. The zero-order chi connectivity index (χ0) is 9.00. The summed E-state index contributed by atoms with van der Waals surface area (Å²) in [6.45, 7) is 0. The summed E-state index contributed by atoms with van der Waals surface area (Å²) < 4.78 is 17.1. The molecule has 0 N–H and O–H groups in total. The maximum Gasteiger partial charge on any atom is 2.00 e. The molecule has 0 saturated heterocycles. The first-order chi connectivity index (χ1) is 4.00. The second-order valence-electron chi connectivity index (χ2n) is 0.894. The molecule has 0 unspecified atom stereocenters. The van der Waals surface area contributed by atoms with Gasteiger partial charge in [0.1, 0.15) is 0 Å². The molecule has 0 atom stereocenters. The monoisotopic (exact) mass is 388 g/mol. The van der Waals surface area contributed by atoms with Gasteiger partial charge in [0.15, 0.2) is 0 Å². The van der Waals surface area contributed by atoms with Crippen molar-refractivity contribution < 1.29 is 88.0 Å². The maximum atomic E-state index is 8.55. The quantitative estimate of drug-likeness (QED) is 0.290. The third kappa shape index (κ3) is 390. The van der Waals surface area contributed by atoms with E-state index in [1.165, 1.54) is 0 Å². The van der Waals surface area contributed by atoms with Crippen LogP contribution >= 0.6 is 15.6 Å². The molecule has 0 spiro atoms. The molecule has 0 bridgehead atoms. The minimum atomic E-state index is -5.39. The van der Waals surface area contributed by atoms with Gasteiger partial charge in [0.05, 0.1) is 0 Å². The molecule has 0 aliphatic carbocycles. The summed E-state index contributed by atoms with van der Waals surface area (Å²) in [4.78, 5) is 51.3. The van der Waals surface area contributed by atoms with Gasteiger partial charge >= 0.3 is 106 Å². The average molecular weight is 390 g/mol. The predicted molar refractivity (Wildman–Crippen MR) is 36.7 cm³/mol. The zero-order valence-electron chi connectivity index (χ0n) is 5.11. The van der Waals surface area contributed by atoms with Crippen molar-refractivity contribution in [2.75, 3.05) is 0 Å². The Labute approximate surface area is 158 Å². The van der Waals surface area contributed by atoms with Crippen molar-refractivity contribution in [3.05, 3.63) is 0 Å². The van der Waals surface area contributed by atoms with E-state index in [-0.39, 0.29) is 106 Å². The summed E-state index contributed by atoms with van der Waals surface area (Å²) in [6, 6.07) is 0. The third-order valence-electron chi connectivity index (χ3n) is 0. The van der Waals surface area contributed by atoms with E-state index in [4.69, 9.17) is 38.5 Å². The van der Waals surface area contributed by atoms with Crippen LogP contribution in [0.1, 0.15) is 0 Å². The Hall–Kier alpha value is 3.49. The molecule has 0 amide bonds. The molecule has 0 aliphatic heterocycles. The normalized spacial score (nSPS) is 7.38. The van der Waals surface area contributed by atoms with E-state index in [2.05, 4.69) is 0 Å². The summed E-state index contributed by atoms with van der Waals surface area (Å²) in [7, 11) is -10.8. The van der Waals surface area contributed by atoms with E-state index in [0.717, 1.165) is 0 Å². The number of hydrogen-bond acceptors (Lipinski definition) is 8. The Morgan fingerprint density at radius 1 is 0.500 bits per heavy atom. The van der Waals surface area contributed by atoms with Crippen molar-refractivity contribution >= 4 is 72.2 Å². The Balaban J connectivity index is -0.00000000970. The molecule has 0 fully saturated rings. The fraction of sp³-hybridized carbons (Fsp3) is 0. The predicted octanol–water partition coefficient (Wildman–Crippen LogP) is -7.60.